The second-order valence-electron chi connectivity index (χ2n) is 8.88. The smallest absolute Gasteiger partial charge is 0.335 e. The number of ether oxygens (including phenoxy) is 2. The molecule has 0 aromatic heterocycles. The summed E-state index contributed by atoms with van der Waals surface area (Å²) in [5.74, 6) is 0.612. The van der Waals surface area contributed by atoms with Crippen molar-refractivity contribution in [2.45, 2.75) is 5.92 Å². The molecule has 192 valence electrons. The molecule has 0 aliphatic heterocycles. The van der Waals surface area contributed by atoms with E-state index in [9.17, 15) is 20.4 Å². The number of carboxylic acid groups (broad SMARTS) is 1. The van der Waals surface area contributed by atoms with Gasteiger partial charge in [-0.1, -0.05) is 66.7 Å². The number of rotatable bonds is 8. The highest BCUT2D eigenvalue weighted by Gasteiger charge is 2.23. The number of carboxylic acids is 1. The fourth-order valence-electron chi connectivity index (χ4n) is 4.50. The molecule has 0 amide bonds. The van der Waals surface area contributed by atoms with E-state index in [1.807, 2.05) is 36.4 Å². The molecular formula is C34H22N2O4. The Balaban J connectivity index is 1.50. The third-order valence-corrected chi connectivity index (χ3v) is 6.40. The van der Waals surface area contributed by atoms with E-state index in [4.69, 9.17) is 9.47 Å². The van der Waals surface area contributed by atoms with Gasteiger partial charge in [-0.2, -0.15) is 10.5 Å². The molecule has 40 heavy (non-hydrogen) atoms. The van der Waals surface area contributed by atoms with Crippen molar-refractivity contribution in [2.75, 3.05) is 0 Å². The number of nitrogens with zero attached hydrogens (tertiary/aromatic N) is 2. The van der Waals surface area contributed by atoms with E-state index in [1.54, 1.807) is 84.9 Å². The maximum Gasteiger partial charge on any atom is 0.335 e. The molecule has 5 aromatic rings. The van der Waals surface area contributed by atoms with Crippen molar-refractivity contribution in [1.29, 1.82) is 10.5 Å². The second kappa shape index (κ2) is 11.7. The number of hydrogen-bond acceptors (Lipinski definition) is 5. The Bertz CT molecular complexity index is 1640. The summed E-state index contributed by atoms with van der Waals surface area (Å²) in [6.45, 7) is 0. The van der Waals surface area contributed by atoms with Crippen LogP contribution in [0.5, 0.6) is 23.0 Å². The molecule has 5 aromatic carbocycles. The van der Waals surface area contributed by atoms with Crippen molar-refractivity contribution in [1.82, 2.24) is 0 Å². The molecule has 0 bridgehead atoms. The van der Waals surface area contributed by atoms with Crippen LogP contribution in [0.2, 0.25) is 0 Å². The largest absolute Gasteiger partial charge is 0.478 e. The van der Waals surface area contributed by atoms with Crippen LogP contribution in [0.4, 0.5) is 0 Å². The number of benzene rings is 5. The van der Waals surface area contributed by atoms with Gasteiger partial charge in [-0.15, -0.1) is 0 Å². The molecule has 0 radical (unpaired) electrons. The van der Waals surface area contributed by atoms with Crippen LogP contribution in [0.15, 0.2) is 121 Å². The quantitative estimate of drug-likeness (QED) is 0.208. The van der Waals surface area contributed by atoms with Crippen molar-refractivity contribution >= 4 is 5.97 Å². The zero-order valence-electron chi connectivity index (χ0n) is 21.2. The van der Waals surface area contributed by atoms with Crippen LogP contribution < -0.4 is 9.47 Å². The molecule has 0 spiro atoms. The minimum Gasteiger partial charge on any atom is -0.478 e. The summed E-state index contributed by atoms with van der Waals surface area (Å²) in [6, 6.07) is 40.0. The maximum atomic E-state index is 12.1. The lowest BCUT2D eigenvalue weighted by molar-refractivity contribution is 0.0695. The lowest BCUT2D eigenvalue weighted by Crippen LogP contribution is -2.10. The van der Waals surface area contributed by atoms with Crippen molar-refractivity contribution in [3.05, 3.63) is 155 Å². The molecule has 0 saturated heterocycles. The fraction of sp³-hybridized carbons (Fsp3) is 0.0294. The molecule has 5 rings (SSSR count). The van der Waals surface area contributed by atoms with Crippen molar-refractivity contribution in [2.24, 2.45) is 0 Å². The van der Waals surface area contributed by atoms with Gasteiger partial charge in [0, 0.05) is 5.92 Å². The van der Waals surface area contributed by atoms with Gasteiger partial charge < -0.3 is 14.6 Å². The Kier molecular flexibility index (Phi) is 7.53. The molecule has 6 nitrogen and oxygen atoms in total. The normalized spacial score (nSPS) is 10.4. The number of para-hydroxylation sites is 2. The molecule has 0 saturated carbocycles. The predicted molar refractivity (Wildman–Crippen MR) is 150 cm³/mol. The van der Waals surface area contributed by atoms with Crippen molar-refractivity contribution < 1.29 is 19.4 Å². The summed E-state index contributed by atoms with van der Waals surface area (Å²) in [7, 11) is 0. The zero-order valence-corrected chi connectivity index (χ0v) is 21.2. The van der Waals surface area contributed by atoms with Crippen molar-refractivity contribution in [3.8, 4) is 35.1 Å². The maximum absolute atomic E-state index is 12.1. The van der Waals surface area contributed by atoms with Crippen LogP contribution in [0.3, 0.4) is 0 Å². The van der Waals surface area contributed by atoms with Gasteiger partial charge in [0.25, 0.3) is 0 Å². The molecule has 0 atom stereocenters. The Labute approximate surface area is 231 Å². The van der Waals surface area contributed by atoms with E-state index in [0.29, 0.717) is 39.7 Å². The average Bonchev–Trinajstić information content (AvgIpc) is 3.00. The number of hydrogen-bond donors (Lipinski definition) is 1. The number of carbonyl (C=O) groups is 1. The lowest BCUT2D eigenvalue weighted by atomic mass is 9.83. The summed E-state index contributed by atoms with van der Waals surface area (Å²) in [5, 5.41) is 28.7. The van der Waals surface area contributed by atoms with E-state index in [-0.39, 0.29) is 5.56 Å². The van der Waals surface area contributed by atoms with Gasteiger partial charge in [-0.25, -0.2) is 4.79 Å². The lowest BCUT2D eigenvalue weighted by Gasteiger charge is -2.21. The minimum absolute atomic E-state index is 0.207. The topological polar surface area (TPSA) is 103 Å². The van der Waals surface area contributed by atoms with Gasteiger partial charge in [0.2, 0.25) is 0 Å². The summed E-state index contributed by atoms with van der Waals surface area (Å²) in [5.41, 5.74) is 3.43. The molecular weight excluding hydrogens is 500 g/mol. The van der Waals surface area contributed by atoms with Gasteiger partial charge in [-0.05, 0) is 71.3 Å². The van der Waals surface area contributed by atoms with Gasteiger partial charge in [0.1, 0.15) is 35.1 Å². The molecule has 6 heteroatoms. The van der Waals surface area contributed by atoms with E-state index >= 15 is 0 Å². The molecule has 1 N–H and O–H groups in total. The standard InChI is InChI=1S/C34H22N2O4/c35-21-25-7-1-5-11-31(25)39-27-17-13-23(14-18-27)33(29-9-3-4-10-30(29)34(37)38)24-15-19-28(20-16-24)40-32-12-6-2-8-26(32)22-36/h1-20,33H,(H,37,38). The Morgan fingerprint density at radius 3 is 1.48 bits per heavy atom. The first-order valence-electron chi connectivity index (χ1n) is 12.4. The van der Waals surface area contributed by atoms with E-state index in [2.05, 4.69) is 12.1 Å². The summed E-state index contributed by atoms with van der Waals surface area (Å²) in [4.78, 5) is 12.1. The number of aromatic carboxylic acids is 1. The van der Waals surface area contributed by atoms with Crippen LogP contribution >= 0.6 is 0 Å². The van der Waals surface area contributed by atoms with Crippen LogP contribution in [0, 0.1) is 22.7 Å². The van der Waals surface area contributed by atoms with E-state index < -0.39 is 11.9 Å². The summed E-state index contributed by atoms with van der Waals surface area (Å²) in [6.07, 6.45) is 0. The molecule has 0 aliphatic rings. The predicted octanol–water partition coefficient (Wildman–Crippen LogP) is 7.89. The van der Waals surface area contributed by atoms with Crippen LogP contribution in [0.1, 0.15) is 44.1 Å². The summed E-state index contributed by atoms with van der Waals surface area (Å²) < 4.78 is 11.9. The molecule has 0 unspecified atom stereocenters. The first-order valence-corrected chi connectivity index (χ1v) is 12.4. The zero-order chi connectivity index (χ0) is 27.9. The highest BCUT2D eigenvalue weighted by atomic mass is 16.5. The Morgan fingerprint density at radius 1 is 0.600 bits per heavy atom. The fourth-order valence-corrected chi connectivity index (χ4v) is 4.50. The highest BCUT2D eigenvalue weighted by Crippen LogP contribution is 2.37. The van der Waals surface area contributed by atoms with Crippen LogP contribution in [-0.2, 0) is 0 Å². The Morgan fingerprint density at radius 2 is 1.02 bits per heavy atom. The van der Waals surface area contributed by atoms with Crippen molar-refractivity contribution in [3.63, 3.8) is 0 Å². The number of nitriles is 2. The monoisotopic (exact) mass is 522 g/mol. The first-order chi connectivity index (χ1) is 19.6. The van der Waals surface area contributed by atoms with Gasteiger partial charge in [0.05, 0.1) is 16.7 Å². The van der Waals surface area contributed by atoms with E-state index in [0.717, 1.165) is 11.1 Å². The highest BCUT2D eigenvalue weighted by molar-refractivity contribution is 5.90. The first kappa shape index (κ1) is 25.8. The van der Waals surface area contributed by atoms with Crippen LogP contribution in [0.25, 0.3) is 0 Å². The SMILES string of the molecule is N#Cc1ccccc1Oc1ccc(C(c2ccc(Oc3ccccc3C#N)cc2)c2ccccc2C(=O)O)cc1. The van der Waals surface area contributed by atoms with Gasteiger partial charge in [0.15, 0.2) is 0 Å². The molecule has 0 heterocycles. The Hall–Kier alpha value is -5.85. The summed E-state index contributed by atoms with van der Waals surface area (Å²) >= 11 is 0. The third kappa shape index (κ3) is 5.52. The minimum atomic E-state index is -1.01. The third-order valence-electron chi connectivity index (χ3n) is 6.40. The van der Waals surface area contributed by atoms with Gasteiger partial charge >= 0.3 is 5.97 Å². The average molecular weight is 523 g/mol. The van der Waals surface area contributed by atoms with Crippen LogP contribution in [-0.4, -0.2) is 11.1 Å². The second-order valence-corrected chi connectivity index (χ2v) is 8.88. The van der Waals surface area contributed by atoms with Gasteiger partial charge in [-0.3, -0.25) is 0 Å². The molecule has 0 aliphatic carbocycles. The van der Waals surface area contributed by atoms with E-state index in [1.165, 1.54) is 0 Å². The molecule has 0 fully saturated rings.